The van der Waals surface area contributed by atoms with Gasteiger partial charge in [-0.1, -0.05) is 0 Å². The molecule has 0 bridgehead atoms. The number of hydrogen-bond acceptors (Lipinski definition) is 5. The third kappa shape index (κ3) is 1.78. The van der Waals surface area contributed by atoms with E-state index in [0.717, 1.165) is 45.7 Å². The van der Waals surface area contributed by atoms with Gasteiger partial charge in [0.15, 0.2) is 11.6 Å². The monoisotopic (exact) mass is 315 g/mol. The highest BCUT2D eigenvalue weighted by Crippen LogP contribution is 2.42. The number of rotatable bonds is 1. The lowest BCUT2D eigenvalue weighted by molar-refractivity contribution is 0.912. The van der Waals surface area contributed by atoms with Crippen molar-refractivity contribution in [1.29, 1.82) is 0 Å². The number of imidazole rings is 2. The molecule has 5 heterocycles. The number of H-pyrrole nitrogens is 1. The molecule has 2 N–H and O–H groups in total. The average molecular weight is 315 g/mol. The minimum atomic E-state index is 0.729. The summed E-state index contributed by atoms with van der Waals surface area (Å²) in [7, 11) is 1.95. The summed E-state index contributed by atoms with van der Waals surface area (Å²) < 4.78 is 1.94. The molecule has 0 saturated carbocycles. The highest BCUT2D eigenvalue weighted by atomic mass is 15.1. The maximum Gasteiger partial charge on any atom is 0.175 e. The van der Waals surface area contributed by atoms with Crippen LogP contribution < -0.4 is 5.32 Å². The SMILES string of the molecule is Cn1ccnc1-c1nc2c([nH]1)-c1ccncc1Nc1ncccc1-2. The standard InChI is InChI=1S/C17H13N7/c1-24-8-7-20-17(24)16-22-13-10-4-6-18-9-12(10)21-15-11(14(13)23-16)3-2-5-19-15/h2-9H,1H3,(H,19,21)(H,22,23). The zero-order valence-electron chi connectivity index (χ0n) is 12.9. The fraction of sp³-hybridized carbons (Fsp3) is 0.0588. The van der Waals surface area contributed by atoms with E-state index in [1.165, 1.54) is 0 Å². The van der Waals surface area contributed by atoms with E-state index in [9.17, 15) is 0 Å². The number of hydrogen-bond donors (Lipinski definition) is 2. The van der Waals surface area contributed by atoms with Crippen LogP contribution in [0.4, 0.5) is 11.5 Å². The molecule has 4 aromatic heterocycles. The Morgan fingerprint density at radius 2 is 2.00 bits per heavy atom. The van der Waals surface area contributed by atoms with Crippen LogP contribution in [0.1, 0.15) is 0 Å². The Hall–Kier alpha value is -3.48. The Labute approximate surface area is 137 Å². The van der Waals surface area contributed by atoms with Crippen LogP contribution in [-0.2, 0) is 7.05 Å². The lowest BCUT2D eigenvalue weighted by Crippen LogP contribution is -1.96. The average Bonchev–Trinajstić information content (AvgIpc) is 3.19. The van der Waals surface area contributed by atoms with Crippen LogP contribution in [-0.4, -0.2) is 29.5 Å². The number of anilines is 2. The second-order valence-corrected chi connectivity index (χ2v) is 5.62. The molecule has 1 aliphatic heterocycles. The first kappa shape index (κ1) is 13.0. The van der Waals surface area contributed by atoms with Crippen molar-refractivity contribution in [2.24, 2.45) is 7.05 Å². The van der Waals surface area contributed by atoms with E-state index in [4.69, 9.17) is 4.98 Å². The first-order valence-electron chi connectivity index (χ1n) is 7.56. The van der Waals surface area contributed by atoms with Crippen LogP contribution in [0, 0.1) is 0 Å². The van der Waals surface area contributed by atoms with E-state index in [-0.39, 0.29) is 0 Å². The maximum atomic E-state index is 4.81. The Morgan fingerprint density at radius 3 is 2.88 bits per heavy atom. The first-order valence-corrected chi connectivity index (χ1v) is 7.56. The van der Waals surface area contributed by atoms with Gasteiger partial charge in [-0.25, -0.2) is 15.0 Å². The number of aromatic amines is 1. The molecule has 4 aromatic rings. The van der Waals surface area contributed by atoms with Crippen molar-refractivity contribution in [3.8, 4) is 34.2 Å². The quantitative estimate of drug-likeness (QED) is 0.497. The molecule has 0 aliphatic carbocycles. The van der Waals surface area contributed by atoms with Crippen molar-refractivity contribution in [2.45, 2.75) is 0 Å². The molecule has 0 saturated heterocycles. The maximum absolute atomic E-state index is 4.81. The van der Waals surface area contributed by atoms with Gasteiger partial charge in [0.25, 0.3) is 0 Å². The van der Waals surface area contributed by atoms with Gasteiger partial charge in [-0.2, -0.15) is 0 Å². The minimum absolute atomic E-state index is 0.729. The lowest BCUT2D eigenvalue weighted by atomic mass is 10.1. The molecule has 0 amide bonds. The van der Waals surface area contributed by atoms with Crippen LogP contribution in [0.3, 0.4) is 0 Å². The summed E-state index contributed by atoms with van der Waals surface area (Å²) in [6.45, 7) is 0. The van der Waals surface area contributed by atoms with Crippen molar-refractivity contribution >= 4 is 11.5 Å². The third-order valence-electron chi connectivity index (χ3n) is 4.14. The third-order valence-corrected chi connectivity index (χ3v) is 4.14. The normalized spacial score (nSPS) is 11.9. The largest absolute Gasteiger partial charge is 0.338 e. The molecule has 7 nitrogen and oxygen atoms in total. The molecular weight excluding hydrogens is 302 g/mol. The molecule has 7 heteroatoms. The molecule has 0 radical (unpaired) electrons. The molecule has 0 spiro atoms. The van der Waals surface area contributed by atoms with Crippen LogP contribution in [0.25, 0.3) is 34.2 Å². The Bertz CT molecular complexity index is 997. The van der Waals surface area contributed by atoms with Crippen LogP contribution in [0.5, 0.6) is 0 Å². The van der Waals surface area contributed by atoms with Gasteiger partial charge in [0, 0.05) is 43.0 Å². The molecule has 0 atom stereocenters. The number of aryl methyl sites for hydroxylation is 1. The topological polar surface area (TPSA) is 84.3 Å². The Kier molecular flexibility index (Phi) is 2.58. The number of nitrogens with zero attached hydrogens (tertiary/aromatic N) is 5. The van der Waals surface area contributed by atoms with Gasteiger partial charge >= 0.3 is 0 Å². The van der Waals surface area contributed by atoms with Gasteiger partial charge in [0.05, 0.1) is 17.6 Å². The highest BCUT2D eigenvalue weighted by molar-refractivity contribution is 5.94. The number of fused-ring (bicyclic) bond motifs is 5. The van der Waals surface area contributed by atoms with E-state index in [0.29, 0.717) is 0 Å². The molecule has 116 valence electrons. The molecular formula is C17H13N7. The summed E-state index contributed by atoms with van der Waals surface area (Å²) in [5.41, 5.74) is 4.64. The summed E-state index contributed by atoms with van der Waals surface area (Å²) in [6.07, 6.45) is 8.99. The van der Waals surface area contributed by atoms with Crippen molar-refractivity contribution < 1.29 is 0 Å². The van der Waals surface area contributed by atoms with Gasteiger partial charge in [-0.05, 0) is 18.2 Å². The molecule has 5 rings (SSSR count). The zero-order valence-corrected chi connectivity index (χ0v) is 12.9. The summed E-state index contributed by atoms with van der Waals surface area (Å²) in [6, 6.07) is 5.89. The Morgan fingerprint density at radius 1 is 1.04 bits per heavy atom. The number of nitrogens with one attached hydrogen (secondary N) is 2. The molecule has 0 aromatic carbocycles. The zero-order chi connectivity index (χ0) is 16.1. The Balaban J connectivity index is 1.84. The highest BCUT2D eigenvalue weighted by Gasteiger charge is 2.24. The van der Waals surface area contributed by atoms with Gasteiger partial charge in [0.2, 0.25) is 0 Å². The van der Waals surface area contributed by atoms with E-state index in [1.54, 1.807) is 24.8 Å². The van der Waals surface area contributed by atoms with Gasteiger partial charge in [-0.15, -0.1) is 0 Å². The lowest BCUT2D eigenvalue weighted by Gasteiger charge is -2.07. The summed E-state index contributed by atoms with van der Waals surface area (Å²) in [5, 5.41) is 3.35. The van der Waals surface area contributed by atoms with E-state index in [2.05, 4.69) is 25.3 Å². The smallest absolute Gasteiger partial charge is 0.175 e. The van der Waals surface area contributed by atoms with Crippen LogP contribution >= 0.6 is 0 Å². The van der Waals surface area contributed by atoms with E-state index < -0.39 is 0 Å². The second kappa shape index (κ2) is 4.76. The molecule has 0 unspecified atom stereocenters. The van der Waals surface area contributed by atoms with Crippen molar-refractivity contribution in [3.05, 3.63) is 49.2 Å². The predicted molar refractivity (Wildman–Crippen MR) is 90.5 cm³/mol. The van der Waals surface area contributed by atoms with Crippen LogP contribution in [0.15, 0.2) is 49.2 Å². The minimum Gasteiger partial charge on any atom is -0.338 e. The van der Waals surface area contributed by atoms with E-state index in [1.807, 2.05) is 36.0 Å². The first-order chi connectivity index (χ1) is 11.8. The van der Waals surface area contributed by atoms with Crippen molar-refractivity contribution in [3.63, 3.8) is 0 Å². The molecule has 24 heavy (non-hydrogen) atoms. The fourth-order valence-electron chi connectivity index (χ4n) is 3.00. The fourth-order valence-corrected chi connectivity index (χ4v) is 3.00. The van der Waals surface area contributed by atoms with Gasteiger partial charge in [0.1, 0.15) is 11.5 Å². The molecule has 0 fully saturated rings. The number of pyridine rings is 2. The second-order valence-electron chi connectivity index (χ2n) is 5.62. The predicted octanol–water partition coefficient (Wildman–Crippen LogP) is 2.99. The number of aromatic nitrogens is 6. The van der Waals surface area contributed by atoms with E-state index >= 15 is 0 Å². The summed E-state index contributed by atoms with van der Waals surface area (Å²) >= 11 is 0. The van der Waals surface area contributed by atoms with Crippen molar-refractivity contribution in [1.82, 2.24) is 29.5 Å². The van der Waals surface area contributed by atoms with Gasteiger partial charge < -0.3 is 14.9 Å². The summed E-state index contributed by atoms with van der Waals surface area (Å²) in [4.78, 5) is 21.3. The summed E-state index contributed by atoms with van der Waals surface area (Å²) in [5.74, 6) is 2.28. The van der Waals surface area contributed by atoms with Crippen LogP contribution in [0.2, 0.25) is 0 Å². The van der Waals surface area contributed by atoms with Gasteiger partial charge in [-0.3, -0.25) is 4.98 Å². The van der Waals surface area contributed by atoms with Crippen molar-refractivity contribution in [2.75, 3.05) is 5.32 Å². The molecule has 1 aliphatic rings.